The second-order valence-electron chi connectivity index (χ2n) is 4.48. The van der Waals surface area contributed by atoms with Gasteiger partial charge in [-0.2, -0.15) is 0 Å². The van der Waals surface area contributed by atoms with Crippen LogP contribution in [0.2, 0.25) is 0 Å². The Morgan fingerprint density at radius 1 is 1.38 bits per heavy atom. The largest absolute Gasteiger partial charge is 0.264 e. The summed E-state index contributed by atoms with van der Waals surface area (Å²) >= 11 is 2.35. The average molecular weight is 289 g/mol. The molecule has 1 unspecified atom stereocenters. The van der Waals surface area contributed by atoms with Gasteiger partial charge in [0.2, 0.25) is 0 Å². The van der Waals surface area contributed by atoms with Gasteiger partial charge >= 0.3 is 0 Å². The molecule has 0 bridgehead atoms. The summed E-state index contributed by atoms with van der Waals surface area (Å²) in [5.41, 5.74) is 1.73. The minimum absolute atomic E-state index is 0.321. The van der Waals surface area contributed by atoms with Crippen molar-refractivity contribution in [2.45, 2.75) is 33.6 Å². The number of pyridine rings is 1. The Hall–Kier alpha value is -0.120. The minimum atomic E-state index is 0.321. The molecule has 0 radical (unpaired) electrons. The SMILES string of the molecule is CC(c1ccncc1I)C(C)(C)C. The van der Waals surface area contributed by atoms with Crippen LogP contribution in [0.5, 0.6) is 0 Å². The lowest BCUT2D eigenvalue weighted by molar-refractivity contribution is 0.338. The predicted molar refractivity (Wildman–Crippen MR) is 64.8 cm³/mol. The van der Waals surface area contributed by atoms with Gasteiger partial charge in [0.15, 0.2) is 0 Å². The Morgan fingerprint density at radius 3 is 2.46 bits per heavy atom. The van der Waals surface area contributed by atoms with Gasteiger partial charge < -0.3 is 0 Å². The molecule has 0 spiro atoms. The Morgan fingerprint density at radius 2 is 2.00 bits per heavy atom. The molecule has 0 fully saturated rings. The van der Waals surface area contributed by atoms with Crippen molar-refractivity contribution in [2.75, 3.05) is 0 Å². The van der Waals surface area contributed by atoms with E-state index in [1.54, 1.807) is 0 Å². The Labute approximate surface area is 94.1 Å². The molecule has 13 heavy (non-hydrogen) atoms. The van der Waals surface area contributed by atoms with Gasteiger partial charge in [-0.25, -0.2) is 0 Å². The molecular formula is C11H16IN. The highest BCUT2D eigenvalue weighted by Gasteiger charge is 2.22. The van der Waals surface area contributed by atoms with E-state index in [0.717, 1.165) is 0 Å². The maximum Gasteiger partial charge on any atom is 0.0404 e. The highest BCUT2D eigenvalue weighted by molar-refractivity contribution is 14.1. The van der Waals surface area contributed by atoms with Crippen molar-refractivity contribution in [1.29, 1.82) is 0 Å². The summed E-state index contributed by atoms with van der Waals surface area (Å²) in [6, 6.07) is 2.12. The van der Waals surface area contributed by atoms with Crippen molar-refractivity contribution >= 4 is 22.6 Å². The number of hydrogen-bond donors (Lipinski definition) is 0. The summed E-state index contributed by atoms with van der Waals surface area (Å²) in [6.07, 6.45) is 3.80. The van der Waals surface area contributed by atoms with E-state index < -0.39 is 0 Å². The zero-order chi connectivity index (χ0) is 10.1. The van der Waals surface area contributed by atoms with Crippen molar-refractivity contribution < 1.29 is 0 Å². The molecule has 2 heteroatoms. The average Bonchev–Trinajstić information content (AvgIpc) is 2.02. The molecule has 1 heterocycles. The number of aromatic nitrogens is 1. The summed E-state index contributed by atoms with van der Waals surface area (Å²) < 4.78 is 1.27. The van der Waals surface area contributed by atoms with E-state index in [-0.39, 0.29) is 0 Å². The standard InChI is InChI=1S/C11H16IN/c1-8(11(2,3)4)9-5-6-13-7-10(9)12/h5-8H,1-4H3. The molecule has 0 aromatic carbocycles. The van der Waals surface area contributed by atoms with Crippen molar-refractivity contribution in [2.24, 2.45) is 5.41 Å². The monoisotopic (exact) mass is 289 g/mol. The van der Waals surface area contributed by atoms with Crippen molar-refractivity contribution in [3.63, 3.8) is 0 Å². The smallest absolute Gasteiger partial charge is 0.0404 e. The van der Waals surface area contributed by atoms with Gasteiger partial charge in [0.05, 0.1) is 0 Å². The molecule has 0 saturated carbocycles. The second-order valence-corrected chi connectivity index (χ2v) is 5.65. The van der Waals surface area contributed by atoms with Crippen molar-refractivity contribution in [3.05, 3.63) is 27.6 Å². The number of nitrogens with zero attached hydrogens (tertiary/aromatic N) is 1. The molecule has 0 saturated heterocycles. The van der Waals surface area contributed by atoms with E-state index in [2.05, 4.69) is 61.3 Å². The van der Waals surface area contributed by atoms with E-state index in [0.29, 0.717) is 11.3 Å². The first-order valence-corrected chi connectivity index (χ1v) is 5.60. The zero-order valence-corrected chi connectivity index (χ0v) is 10.8. The quantitative estimate of drug-likeness (QED) is 0.716. The molecule has 1 aromatic rings. The van der Waals surface area contributed by atoms with Crippen LogP contribution in [0.25, 0.3) is 0 Å². The number of rotatable bonds is 1. The van der Waals surface area contributed by atoms with E-state index in [1.807, 2.05) is 12.4 Å². The maximum atomic E-state index is 4.10. The first kappa shape index (κ1) is 11.0. The van der Waals surface area contributed by atoms with Crippen molar-refractivity contribution in [3.8, 4) is 0 Å². The van der Waals surface area contributed by atoms with Crippen LogP contribution in [0.1, 0.15) is 39.2 Å². The fourth-order valence-corrected chi connectivity index (χ4v) is 2.01. The summed E-state index contributed by atoms with van der Waals surface area (Å²) in [6.45, 7) is 9.09. The highest BCUT2D eigenvalue weighted by Crippen LogP contribution is 2.35. The number of halogens is 1. The lowest BCUT2D eigenvalue weighted by Crippen LogP contribution is -2.16. The summed E-state index contributed by atoms with van der Waals surface area (Å²) in [7, 11) is 0. The van der Waals surface area contributed by atoms with E-state index in [9.17, 15) is 0 Å². The van der Waals surface area contributed by atoms with Crippen LogP contribution in [-0.4, -0.2) is 4.98 Å². The van der Waals surface area contributed by atoms with Crippen LogP contribution in [-0.2, 0) is 0 Å². The normalized spacial score (nSPS) is 14.2. The third-order valence-electron chi connectivity index (χ3n) is 2.57. The summed E-state index contributed by atoms with van der Waals surface area (Å²) in [4.78, 5) is 4.10. The van der Waals surface area contributed by atoms with Crippen LogP contribution in [0.15, 0.2) is 18.5 Å². The van der Waals surface area contributed by atoms with Gasteiger partial charge in [-0.15, -0.1) is 0 Å². The molecule has 1 rings (SSSR count). The molecule has 1 atom stereocenters. The summed E-state index contributed by atoms with van der Waals surface area (Å²) in [5, 5.41) is 0. The van der Waals surface area contributed by atoms with Gasteiger partial charge in [-0.3, -0.25) is 4.98 Å². The van der Waals surface area contributed by atoms with Gasteiger partial charge in [0, 0.05) is 16.0 Å². The summed E-state index contributed by atoms with van der Waals surface area (Å²) in [5.74, 6) is 0.572. The predicted octanol–water partition coefficient (Wildman–Crippen LogP) is 3.84. The Bertz CT molecular complexity index is 288. The van der Waals surface area contributed by atoms with E-state index in [4.69, 9.17) is 0 Å². The lowest BCUT2D eigenvalue weighted by atomic mass is 9.78. The van der Waals surface area contributed by atoms with Gasteiger partial charge in [0.25, 0.3) is 0 Å². The van der Waals surface area contributed by atoms with Crippen LogP contribution in [0.3, 0.4) is 0 Å². The van der Waals surface area contributed by atoms with E-state index in [1.165, 1.54) is 9.13 Å². The van der Waals surface area contributed by atoms with E-state index >= 15 is 0 Å². The molecule has 0 aliphatic rings. The molecule has 1 aromatic heterocycles. The highest BCUT2D eigenvalue weighted by atomic mass is 127. The lowest BCUT2D eigenvalue weighted by Gasteiger charge is -2.28. The second kappa shape index (κ2) is 3.95. The van der Waals surface area contributed by atoms with Crippen LogP contribution < -0.4 is 0 Å². The molecule has 0 N–H and O–H groups in total. The topological polar surface area (TPSA) is 12.9 Å². The maximum absolute atomic E-state index is 4.10. The molecule has 0 aliphatic carbocycles. The van der Waals surface area contributed by atoms with Crippen molar-refractivity contribution in [1.82, 2.24) is 4.98 Å². The first-order chi connectivity index (χ1) is 5.93. The molecule has 0 amide bonds. The number of hydrogen-bond acceptors (Lipinski definition) is 1. The third-order valence-corrected chi connectivity index (χ3v) is 3.47. The fourth-order valence-electron chi connectivity index (χ4n) is 1.20. The van der Waals surface area contributed by atoms with Crippen LogP contribution in [0.4, 0.5) is 0 Å². The first-order valence-electron chi connectivity index (χ1n) is 4.52. The zero-order valence-electron chi connectivity index (χ0n) is 8.63. The Kier molecular flexibility index (Phi) is 3.33. The molecular weight excluding hydrogens is 273 g/mol. The Balaban J connectivity index is 3.02. The van der Waals surface area contributed by atoms with Crippen LogP contribution >= 0.6 is 22.6 Å². The van der Waals surface area contributed by atoms with Gasteiger partial charge in [-0.05, 0) is 45.6 Å². The van der Waals surface area contributed by atoms with Gasteiger partial charge in [-0.1, -0.05) is 27.7 Å². The molecule has 72 valence electrons. The minimum Gasteiger partial charge on any atom is -0.264 e. The van der Waals surface area contributed by atoms with Crippen LogP contribution in [0, 0.1) is 8.99 Å². The molecule has 1 nitrogen and oxygen atoms in total. The van der Waals surface area contributed by atoms with Gasteiger partial charge in [0.1, 0.15) is 0 Å². The molecule has 0 aliphatic heterocycles. The fraction of sp³-hybridized carbons (Fsp3) is 0.545. The third kappa shape index (κ3) is 2.66.